The molecule has 2 atom stereocenters. The third-order valence-corrected chi connectivity index (χ3v) is 5.09. The Kier molecular flexibility index (Phi) is 4.38. The number of amides is 1. The van der Waals surface area contributed by atoms with Gasteiger partial charge in [-0.25, -0.2) is 0 Å². The van der Waals surface area contributed by atoms with E-state index in [-0.39, 0.29) is 23.5 Å². The lowest BCUT2D eigenvalue weighted by molar-refractivity contribution is -0.0942. The lowest BCUT2D eigenvalue weighted by Gasteiger charge is -2.51. The largest absolute Gasteiger partial charge is 0.381 e. The van der Waals surface area contributed by atoms with Crippen LogP contribution in [-0.2, 0) is 4.74 Å². The molecule has 1 fully saturated rings. The molecule has 104 valence electrons. The molecule has 0 heterocycles. The number of methoxy groups -OCH3 is 1. The molecule has 1 aliphatic carbocycles. The summed E-state index contributed by atoms with van der Waals surface area (Å²) in [7, 11) is 1.72. The van der Waals surface area contributed by atoms with Crippen LogP contribution in [-0.4, -0.2) is 25.2 Å². The highest BCUT2D eigenvalue weighted by Crippen LogP contribution is 2.42. The Labute approximate surface area is 130 Å². The Balaban J connectivity index is 2.07. The molecule has 19 heavy (non-hydrogen) atoms. The second kappa shape index (κ2) is 5.54. The maximum Gasteiger partial charge on any atom is 0.252 e. The molecule has 0 spiro atoms. The summed E-state index contributed by atoms with van der Waals surface area (Å²) >= 11 is 6.79. The maximum atomic E-state index is 12.3. The topological polar surface area (TPSA) is 38.3 Å². The van der Waals surface area contributed by atoms with E-state index in [4.69, 9.17) is 4.74 Å². The smallest absolute Gasteiger partial charge is 0.252 e. The highest BCUT2D eigenvalue weighted by Gasteiger charge is 2.49. The number of hydrogen-bond donors (Lipinski definition) is 1. The van der Waals surface area contributed by atoms with Gasteiger partial charge >= 0.3 is 0 Å². The first kappa shape index (κ1) is 15.0. The zero-order valence-corrected chi connectivity index (χ0v) is 14.3. The van der Waals surface area contributed by atoms with E-state index in [1.165, 1.54) is 0 Å². The van der Waals surface area contributed by atoms with Gasteiger partial charge in [-0.2, -0.15) is 0 Å². The second-order valence-corrected chi connectivity index (χ2v) is 7.20. The fourth-order valence-electron chi connectivity index (χ4n) is 2.44. The normalized spacial score (nSPS) is 24.7. The summed E-state index contributed by atoms with van der Waals surface area (Å²) in [6.45, 7) is 4.23. The molecule has 0 saturated heterocycles. The van der Waals surface area contributed by atoms with Gasteiger partial charge in [0.1, 0.15) is 0 Å². The first-order valence-electron chi connectivity index (χ1n) is 6.15. The minimum absolute atomic E-state index is 0.0216. The van der Waals surface area contributed by atoms with Crippen LogP contribution in [0.2, 0.25) is 0 Å². The van der Waals surface area contributed by atoms with Crippen LogP contribution in [0.1, 0.15) is 30.6 Å². The van der Waals surface area contributed by atoms with Gasteiger partial charge < -0.3 is 10.1 Å². The van der Waals surface area contributed by atoms with Gasteiger partial charge in [0.2, 0.25) is 0 Å². The van der Waals surface area contributed by atoms with E-state index in [0.29, 0.717) is 5.56 Å². The molecule has 1 aliphatic rings. The van der Waals surface area contributed by atoms with Crippen molar-refractivity contribution in [2.75, 3.05) is 7.11 Å². The lowest BCUT2D eigenvalue weighted by Crippen LogP contribution is -2.61. The van der Waals surface area contributed by atoms with Gasteiger partial charge in [0.15, 0.2) is 0 Å². The maximum absolute atomic E-state index is 12.3. The molecule has 1 N–H and O–H groups in total. The van der Waals surface area contributed by atoms with Gasteiger partial charge in [-0.1, -0.05) is 29.8 Å². The van der Waals surface area contributed by atoms with Crippen LogP contribution in [0, 0.1) is 5.41 Å². The van der Waals surface area contributed by atoms with Crippen molar-refractivity contribution in [3.63, 3.8) is 0 Å². The quantitative estimate of drug-likeness (QED) is 0.853. The summed E-state index contributed by atoms with van der Waals surface area (Å²) in [4.78, 5) is 12.3. The summed E-state index contributed by atoms with van der Waals surface area (Å²) in [6, 6.07) is 5.70. The standard InChI is InChI=1S/C14H17Br2NO2/c1-14(2)11(7-12(14)19-3)17-13(18)9-5-4-8(15)6-10(9)16/h4-6,11-12H,7H2,1-3H3,(H,17,18). The van der Waals surface area contributed by atoms with E-state index in [0.717, 1.165) is 15.4 Å². The van der Waals surface area contributed by atoms with E-state index < -0.39 is 0 Å². The Hall–Kier alpha value is -0.390. The number of benzene rings is 1. The van der Waals surface area contributed by atoms with Crippen LogP contribution >= 0.6 is 31.9 Å². The van der Waals surface area contributed by atoms with E-state index >= 15 is 0 Å². The predicted molar refractivity (Wildman–Crippen MR) is 82.3 cm³/mol. The average Bonchev–Trinajstić information content (AvgIpc) is 2.33. The second-order valence-electron chi connectivity index (χ2n) is 5.43. The minimum atomic E-state index is -0.0491. The number of carbonyl (C=O) groups is 1. The average molecular weight is 391 g/mol. The Morgan fingerprint density at radius 1 is 1.42 bits per heavy atom. The number of halogens is 2. The predicted octanol–water partition coefficient (Wildman–Crippen LogP) is 3.75. The van der Waals surface area contributed by atoms with Crippen LogP contribution in [0.4, 0.5) is 0 Å². The van der Waals surface area contributed by atoms with E-state index in [1.807, 2.05) is 18.2 Å². The van der Waals surface area contributed by atoms with E-state index in [9.17, 15) is 4.79 Å². The fourth-order valence-corrected chi connectivity index (χ4v) is 3.67. The monoisotopic (exact) mass is 389 g/mol. The van der Waals surface area contributed by atoms with Crippen LogP contribution in [0.15, 0.2) is 27.1 Å². The van der Waals surface area contributed by atoms with Gasteiger partial charge in [0.05, 0.1) is 11.7 Å². The molecule has 2 unspecified atom stereocenters. The highest BCUT2D eigenvalue weighted by atomic mass is 79.9. The van der Waals surface area contributed by atoms with Gasteiger partial charge in [0, 0.05) is 27.5 Å². The Bertz CT molecular complexity index is 502. The first-order chi connectivity index (χ1) is 8.86. The van der Waals surface area contributed by atoms with Crippen molar-refractivity contribution in [3.05, 3.63) is 32.7 Å². The summed E-state index contributed by atoms with van der Waals surface area (Å²) in [5.41, 5.74) is 0.631. The molecule has 1 aromatic carbocycles. The zero-order chi connectivity index (χ0) is 14.2. The van der Waals surface area contributed by atoms with Crippen LogP contribution in [0.25, 0.3) is 0 Å². The van der Waals surface area contributed by atoms with Crippen molar-refractivity contribution in [2.45, 2.75) is 32.4 Å². The van der Waals surface area contributed by atoms with Crippen LogP contribution in [0.5, 0.6) is 0 Å². The number of ether oxygens (including phenoxy) is 1. The molecule has 1 aromatic rings. The third-order valence-electron chi connectivity index (χ3n) is 3.94. The number of rotatable bonds is 3. The van der Waals surface area contributed by atoms with E-state index in [2.05, 4.69) is 51.0 Å². The van der Waals surface area contributed by atoms with Crippen molar-refractivity contribution < 1.29 is 9.53 Å². The number of hydrogen-bond acceptors (Lipinski definition) is 2. The SMILES string of the molecule is COC1CC(NC(=O)c2ccc(Br)cc2Br)C1(C)C. The molecule has 0 aliphatic heterocycles. The first-order valence-corrected chi connectivity index (χ1v) is 7.73. The van der Waals surface area contributed by atoms with Crippen LogP contribution < -0.4 is 5.32 Å². The van der Waals surface area contributed by atoms with Crippen LogP contribution in [0.3, 0.4) is 0 Å². The summed E-state index contributed by atoms with van der Waals surface area (Å²) in [5, 5.41) is 3.08. The molecule has 3 nitrogen and oxygen atoms in total. The number of nitrogens with one attached hydrogen (secondary N) is 1. The lowest BCUT2D eigenvalue weighted by atomic mass is 9.64. The molecule has 0 bridgehead atoms. The van der Waals surface area contributed by atoms with Gasteiger partial charge in [0.25, 0.3) is 5.91 Å². The summed E-state index contributed by atoms with van der Waals surface area (Å²) < 4.78 is 7.13. The van der Waals surface area contributed by atoms with Crippen molar-refractivity contribution in [1.82, 2.24) is 5.32 Å². The van der Waals surface area contributed by atoms with Crippen molar-refractivity contribution in [3.8, 4) is 0 Å². The molecule has 0 aromatic heterocycles. The fraction of sp³-hybridized carbons (Fsp3) is 0.500. The van der Waals surface area contributed by atoms with Crippen molar-refractivity contribution >= 4 is 37.8 Å². The molecule has 2 rings (SSSR count). The van der Waals surface area contributed by atoms with Gasteiger partial charge in [-0.3, -0.25) is 4.79 Å². The zero-order valence-electron chi connectivity index (χ0n) is 11.2. The minimum Gasteiger partial charge on any atom is -0.381 e. The molecule has 5 heteroatoms. The summed E-state index contributed by atoms with van der Waals surface area (Å²) in [6.07, 6.45) is 1.08. The summed E-state index contributed by atoms with van der Waals surface area (Å²) in [5.74, 6) is -0.0491. The molecular weight excluding hydrogens is 374 g/mol. The molecule has 1 saturated carbocycles. The van der Waals surface area contributed by atoms with Crippen molar-refractivity contribution in [1.29, 1.82) is 0 Å². The van der Waals surface area contributed by atoms with Gasteiger partial charge in [-0.15, -0.1) is 0 Å². The Morgan fingerprint density at radius 2 is 2.11 bits per heavy atom. The third kappa shape index (κ3) is 2.88. The molecule has 1 amide bonds. The Morgan fingerprint density at radius 3 is 2.63 bits per heavy atom. The number of carbonyl (C=O) groups excluding carboxylic acids is 1. The van der Waals surface area contributed by atoms with E-state index in [1.54, 1.807) is 7.11 Å². The highest BCUT2D eigenvalue weighted by molar-refractivity contribution is 9.11. The molecular formula is C14H17Br2NO2. The van der Waals surface area contributed by atoms with Gasteiger partial charge in [-0.05, 0) is 40.5 Å². The van der Waals surface area contributed by atoms with Crippen molar-refractivity contribution in [2.24, 2.45) is 5.41 Å². The molecule has 0 radical (unpaired) electrons.